The minimum atomic E-state index is 0.0786. The van der Waals surface area contributed by atoms with Crippen LogP contribution in [-0.2, 0) is 6.54 Å². The quantitative estimate of drug-likeness (QED) is 0.742. The number of fused-ring (bicyclic) bond motifs is 1. The first kappa shape index (κ1) is 8.56. The van der Waals surface area contributed by atoms with Gasteiger partial charge in [-0.2, -0.15) is 0 Å². The summed E-state index contributed by atoms with van der Waals surface area (Å²) in [4.78, 5) is 0. The summed E-state index contributed by atoms with van der Waals surface area (Å²) in [6.07, 6.45) is 1.77. The molecule has 3 rings (SSSR count). The van der Waals surface area contributed by atoms with Crippen molar-refractivity contribution in [2.24, 2.45) is 0 Å². The average molecular weight is 200 g/mol. The van der Waals surface area contributed by atoms with Crippen LogP contribution in [0, 0.1) is 0 Å². The first-order valence-electron chi connectivity index (χ1n) is 5.05. The highest BCUT2D eigenvalue weighted by Crippen LogP contribution is 2.25. The number of para-hydroxylation sites is 1. The van der Waals surface area contributed by atoms with Crippen LogP contribution in [0.5, 0.6) is 0 Å². The molecule has 76 valence electrons. The minimum Gasteiger partial charge on any atom is -0.466 e. The molecule has 1 aromatic carbocycles. The van der Waals surface area contributed by atoms with Crippen LogP contribution in [0.2, 0.25) is 0 Å². The number of benzene rings is 1. The maximum absolute atomic E-state index is 5.36. The van der Waals surface area contributed by atoms with E-state index in [1.807, 2.05) is 18.2 Å². The van der Waals surface area contributed by atoms with Crippen molar-refractivity contribution in [3.63, 3.8) is 0 Å². The molecule has 0 fully saturated rings. The van der Waals surface area contributed by atoms with E-state index in [2.05, 4.69) is 28.8 Å². The Hall–Kier alpha value is -1.74. The lowest BCUT2D eigenvalue weighted by Gasteiger charge is -2.26. The van der Waals surface area contributed by atoms with Gasteiger partial charge in [-0.3, -0.25) is 5.32 Å². The van der Waals surface area contributed by atoms with Gasteiger partial charge in [-0.1, -0.05) is 18.2 Å². The number of furan rings is 1. The van der Waals surface area contributed by atoms with Gasteiger partial charge in [0.2, 0.25) is 0 Å². The Morgan fingerprint density at radius 1 is 1.13 bits per heavy atom. The van der Waals surface area contributed by atoms with Crippen LogP contribution in [0.15, 0.2) is 47.1 Å². The van der Waals surface area contributed by atoms with Gasteiger partial charge in [-0.25, -0.2) is 0 Å². The highest BCUT2D eigenvalue weighted by atomic mass is 16.3. The summed E-state index contributed by atoms with van der Waals surface area (Å²) in [5, 5.41) is 6.77. The SMILES string of the molecule is c1coc(C2NCc3ccccc3N2)c1. The molecule has 0 aliphatic carbocycles. The Labute approximate surface area is 88.1 Å². The molecule has 2 N–H and O–H groups in total. The van der Waals surface area contributed by atoms with Crippen molar-refractivity contribution >= 4 is 5.69 Å². The molecule has 0 radical (unpaired) electrons. The van der Waals surface area contributed by atoms with Crippen LogP contribution in [0.3, 0.4) is 0 Å². The third-order valence-corrected chi connectivity index (χ3v) is 2.64. The van der Waals surface area contributed by atoms with Crippen molar-refractivity contribution in [1.82, 2.24) is 5.32 Å². The molecular weight excluding hydrogens is 188 g/mol. The summed E-state index contributed by atoms with van der Waals surface area (Å²) in [6, 6.07) is 12.2. The van der Waals surface area contributed by atoms with Gasteiger partial charge in [0, 0.05) is 12.2 Å². The van der Waals surface area contributed by atoms with Crippen LogP contribution < -0.4 is 10.6 Å². The van der Waals surface area contributed by atoms with Crippen molar-refractivity contribution in [2.45, 2.75) is 12.7 Å². The van der Waals surface area contributed by atoms with E-state index >= 15 is 0 Å². The molecule has 2 heterocycles. The lowest BCUT2D eigenvalue weighted by atomic mass is 10.1. The van der Waals surface area contributed by atoms with Crippen LogP contribution in [-0.4, -0.2) is 0 Å². The number of hydrogen-bond donors (Lipinski definition) is 2. The fourth-order valence-corrected chi connectivity index (χ4v) is 1.86. The molecule has 1 unspecified atom stereocenters. The molecule has 3 nitrogen and oxygen atoms in total. The highest BCUT2D eigenvalue weighted by Gasteiger charge is 2.19. The molecular formula is C12H12N2O. The van der Waals surface area contributed by atoms with E-state index in [1.165, 1.54) is 11.3 Å². The van der Waals surface area contributed by atoms with Gasteiger partial charge in [-0.15, -0.1) is 0 Å². The monoisotopic (exact) mass is 200 g/mol. The molecule has 1 aromatic heterocycles. The minimum absolute atomic E-state index is 0.0786. The molecule has 0 spiro atoms. The van der Waals surface area contributed by atoms with Crippen LogP contribution >= 0.6 is 0 Å². The molecule has 0 saturated heterocycles. The van der Waals surface area contributed by atoms with E-state index in [-0.39, 0.29) is 6.17 Å². The maximum Gasteiger partial charge on any atom is 0.140 e. The summed E-state index contributed by atoms with van der Waals surface area (Å²) < 4.78 is 5.36. The molecule has 0 bridgehead atoms. The number of rotatable bonds is 1. The third-order valence-electron chi connectivity index (χ3n) is 2.64. The van der Waals surface area contributed by atoms with Crippen molar-refractivity contribution in [3.8, 4) is 0 Å². The van der Waals surface area contributed by atoms with Crippen molar-refractivity contribution in [3.05, 3.63) is 54.0 Å². The average Bonchev–Trinajstić information content (AvgIpc) is 2.82. The van der Waals surface area contributed by atoms with Gasteiger partial charge in [0.05, 0.1) is 6.26 Å². The summed E-state index contributed by atoms with van der Waals surface area (Å²) >= 11 is 0. The lowest BCUT2D eigenvalue weighted by Crippen LogP contribution is -2.32. The topological polar surface area (TPSA) is 37.2 Å². The maximum atomic E-state index is 5.36. The zero-order chi connectivity index (χ0) is 10.1. The van der Waals surface area contributed by atoms with E-state index in [9.17, 15) is 0 Å². The van der Waals surface area contributed by atoms with Crippen LogP contribution in [0.1, 0.15) is 17.5 Å². The van der Waals surface area contributed by atoms with E-state index in [0.717, 1.165) is 12.3 Å². The summed E-state index contributed by atoms with van der Waals surface area (Å²) in [7, 11) is 0. The standard InChI is InChI=1S/C12H12N2O/c1-2-5-10-9(4-1)8-13-12(14-10)11-6-3-7-15-11/h1-7,12-14H,8H2. The van der Waals surface area contributed by atoms with E-state index < -0.39 is 0 Å². The van der Waals surface area contributed by atoms with Crippen molar-refractivity contribution in [1.29, 1.82) is 0 Å². The summed E-state index contributed by atoms with van der Waals surface area (Å²) in [5.74, 6) is 0.921. The van der Waals surface area contributed by atoms with Gasteiger partial charge in [-0.05, 0) is 23.8 Å². The zero-order valence-corrected chi connectivity index (χ0v) is 8.23. The predicted octanol–water partition coefficient (Wildman–Crippen LogP) is 2.49. The van der Waals surface area contributed by atoms with Crippen molar-refractivity contribution < 1.29 is 4.42 Å². The molecule has 0 amide bonds. The Kier molecular flexibility index (Phi) is 1.96. The summed E-state index contributed by atoms with van der Waals surface area (Å²) in [5.41, 5.74) is 2.47. The highest BCUT2D eigenvalue weighted by molar-refractivity contribution is 5.53. The Balaban J connectivity index is 1.89. The Morgan fingerprint density at radius 3 is 2.93 bits per heavy atom. The normalized spacial score (nSPS) is 19.3. The fraction of sp³-hybridized carbons (Fsp3) is 0.167. The number of hydrogen-bond acceptors (Lipinski definition) is 3. The van der Waals surface area contributed by atoms with E-state index in [0.29, 0.717) is 0 Å². The molecule has 0 saturated carbocycles. The molecule has 3 heteroatoms. The van der Waals surface area contributed by atoms with Gasteiger partial charge in [0.1, 0.15) is 11.9 Å². The summed E-state index contributed by atoms with van der Waals surface area (Å²) in [6.45, 7) is 0.870. The molecule has 1 aliphatic heterocycles. The van der Waals surface area contributed by atoms with E-state index in [4.69, 9.17) is 4.42 Å². The molecule has 2 aromatic rings. The van der Waals surface area contributed by atoms with Gasteiger partial charge in [0.25, 0.3) is 0 Å². The van der Waals surface area contributed by atoms with Crippen molar-refractivity contribution in [2.75, 3.05) is 5.32 Å². The van der Waals surface area contributed by atoms with Crippen LogP contribution in [0.25, 0.3) is 0 Å². The predicted molar refractivity (Wildman–Crippen MR) is 58.4 cm³/mol. The second-order valence-corrected chi connectivity index (χ2v) is 3.63. The number of nitrogens with one attached hydrogen (secondary N) is 2. The Morgan fingerprint density at radius 2 is 2.07 bits per heavy atom. The zero-order valence-electron chi connectivity index (χ0n) is 8.23. The molecule has 1 atom stereocenters. The van der Waals surface area contributed by atoms with Gasteiger partial charge < -0.3 is 9.73 Å². The van der Waals surface area contributed by atoms with Gasteiger partial charge >= 0.3 is 0 Å². The van der Waals surface area contributed by atoms with Crippen LogP contribution in [0.4, 0.5) is 5.69 Å². The van der Waals surface area contributed by atoms with E-state index in [1.54, 1.807) is 6.26 Å². The first-order chi connectivity index (χ1) is 7.43. The van der Waals surface area contributed by atoms with Gasteiger partial charge in [0.15, 0.2) is 0 Å². The second kappa shape index (κ2) is 3.44. The Bertz CT molecular complexity index is 450. The molecule has 15 heavy (non-hydrogen) atoms. The number of anilines is 1. The molecule has 1 aliphatic rings. The smallest absolute Gasteiger partial charge is 0.140 e. The lowest BCUT2D eigenvalue weighted by molar-refractivity contribution is 0.429. The second-order valence-electron chi connectivity index (χ2n) is 3.63. The largest absolute Gasteiger partial charge is 0.466 e. The third kappa shape index (κ3) is 1.51. The fourth-order valence-electron chi connectivity index (χ4n) is 1.86. The first-order valence-corrected chi connectivity index (χ1v) is 5.05.